The largest absolute Gasteiger partial charge is 0.339 e. The zero-order valence-corrected chi connectivity index (χ0v) is 9.49. The first-order chi connectivity index (χ1) is 7.18. The number of nitrogens with two attached hydrogens (primary N) is 1. The number of aryl methyl sites for hydroxylation is 1. The first kappa shape index (κ1) is 10.6. The highest BCUT2D eigenvalue weighted by Crippen LogP contribution is 2.40. The van der Waals surface area contributed by atoms with E-state index in [9.17, 15) is 0 Å². The third-order valence-corrected chi connectivity index (χ3v) is 3.44. The summed E-state index contributed by atoms with van der Waals surface area (Å²) in [7, 11) is 0. The minimum Gasteiger partial charge on any atom is -0.339 e. The first-order valence-electron chi connectivity index (χ1n) is 5.80. The van der Waals surface area contributed by atoms with Crippen LogP contribution in [0.25, 0.3) is 0 Å². The second-order valence-corrected chi connectivity index (χ2v) is 4.54. The fourth-order valence-electron chi connectivity index (χ4n) is 2.33. The number of aromatic nitrogens is 2. The topological polar surface area (TPSA) is 64.9 Å². The van der Waals surface area contributed by atoms with Gasteiger partial charge in [0, 0.05) is 6.42 Å². The van der Waals surface area contributed by atoms with E-state index in [0.29, 0.717) is 11.7 Å². The number of hydrogen-bond acceptors (Lipinski definition) is 4. The summed E-state index contributed by atoms with van der Waals surface area (Å²) < 4.78 is 5.12. The molecule has 1 aromatic rings. The molecule has 1 aromatic heterocycles. The van der Waals surface area contributed by atoms with Crippen molar-refractivity contribution >= 4 is 0 Å². The molecule has 84 valence electrons. The molecule has 1 fully saturated rings. The lowest BCUT2D eigenvalue weighted by Crippen LogP contribution is -2.35. The Morgan fingerprint density at radius 3 is 2.87 bits per heavy atom. The highest BCUT2D eigenvalue weighted by atomic mass is 16.5. The molecule has 0 amide bonds. The quantitative estimate of drug-likeness (QED) is 0.826. The van der Waals surface area contributed by atoms with Crippen LogP contribution in [0, 0.1) is 5.92 Å². The van der Waals surface area contributed by atoms with Gasteiger partial charge in [-0.05, 0) is 25.2 Å². The smallest absolute Gasteiger partial charge is 0.226 e. The molecule has 1 heterocycles. The van der Waals surface area contributed by atoms with Crippen molar-refractivity contribution in [2.45, 2.75) is 51.5 Å². The summed E-state index contributed by atoms with van der Waals surface area (Å²) >= 11 is 0. The van der Waals surface area contributed by atoms with Crippen molar-refractivity contribution in [1.82, 2.24) is 10.1 Å². The third kappa shape index (κ3) is 1.91. The molecule has 0 aromatic carbocycles. The average molecular weight is 209 g/mol. The summed E-state index contributed by atoms with van der Waals surface area (Å²) in [5.74, 6) is 2.11. The molecule has 2 rings (SSSR count). The van der Waals surface area contributed by atoms with Gasteiger partial charge in [-0.25, -0.2) is 0 Å². The Bertz CT molecular complexity index is 336. The third-order valence-electron chi connectivity index (χ3n) is 3.44. The van der Waals surface area contributed by atoms with Gasteiger partial charge in [-0.15, -0.1) is 0 Å². The molecular formula is C11H19N3O. The Morgan fingerprint density at radius 2 is 2.33 bits per heavy atom. The van der Waals surface area contributed by atoms with Gasteiger partial charge in [0.05, 0.1) is 5.54 Å². The zero-order chi connectivity index (χ0) is 10.9. The van der Waals surface area contributed by atoms with E-state index in [4.69, 9.17) is 10.3 Å². The van der Waals surface area contributed by atoms with Crippen LogP contribution in [-0.4, -0.2) is 10.1 Å². The summed E-state index contributed by atoms with van der Waals surface area (Å²) in [5.41, 5.74) is 5.99. The van der Waals surface area contributed by atoms with Gasteiger partial charge in [0.15, 0.2) is 5.82 Å². The van der Waals surface area contributed by atoms with Crippen LogP contribution in [0.2, 0.25) is 0 Å². The lowest BCUT2D eigenvalue weighted by atomic mass is 9.95. The summed E-state index contributed by atoms with van der Waals surface area (Å²) in [4.78, 5) is 4.35. The van der Waals surface area contributed by atoms with E-state index < -0.39 is 0 Å². The van der Waals surface area contributed by atoms with Crippen molar-refractivity contribution in [2.75, 3.05) is 0 Å². The molecule has 1 aliphatic rings. The zero-order valence-electron chi connectivity index (χ0n) is 9.49. The summed E-state index contributed by atoms with van der Waals surface area (Å²) in [6, 6.07) is 0. The molecule has 2 atom stereocenters. The van der Waals surface area contributed by atoms with Gasteiger partial charge >= 0.3 is 0 Å². The van der Waals surface area contributed by atoms with Crippen LogP contribution in [0.15, 0.2) is 4.52 Å². The number of hydrogen-bond donors (Lipinski definition) is 1. The number of nitrogens with zero attached hydrogens (tertiary/aromatic N) is 2. The Hall–Kier alpha value is -0.900. The van der Waals surface area contributed by atoms with Crippen LogP contribution in [-0.2, 0) is 12.0 Å². The van der Waals surface area contributed by atoms with E-state index >= 15 is 0 Å². The molecule has 0 aliphatic heterocycles. The van der Waals surface area contributed by atoms with Gasteiger partial charge in [-0.1, -0.05) is 25.4 Å². The Kier molecular flexibility index (Phi) is 2.78. The predicted molar refractivity (Wildman–Crippen MR) is 57.2 cm³/mol. The summed E-state index contributed by atoms with van der Waals surface area (Å²) in [6.07, 6.45) is 5.13. The maximum Gasteiger partial charge on any atom is 0.226 e. The van der Waals surface area contributed by atoms with Crippen LogP contribution in [0.1, 0.15) is 51.2 Å². The molecule has 0 radical (unpaired) electrons. The highest BCUT2D eigenvalue weighted by molar-refractivity contribution is 5.07. The van der Waals surface area contributed by atoms with Gasteiger partial charge in [0.2, 0.25) is 5.89 Å². The number of rotatable bonds is 3. The van der Waals surface area contributed by atoms with Crippen LogP contribution >= 0.6 is 0 Å². The lowest BCUT2D eigenvalue weighted by molar-refractivity contribution is 0.344. The standard InChI is InChI=1S/C11H19N3O/c1-3-8-5-6-11(12,7-8)10-13-9(4-2)15-14-10/h8H,3-7,12H2,1-2H3. The van der Waals surface area contributed by atoms with Crippen LogP contribution < -0.4 is 5.73 Å². The molecule has 0 spiro atoms. The molecule has 15 heavy (non-hydrogen) atoms. The van der Waals surface area contributed by atoms with Crippen molar-refractivity contribution in [3.8, 4) is 0 Å². The molecule has 4 nitrogen and oxygen atoms in total. The normalized spacial score (nSPS) is 31.0. The lowest BCUT2D eigenvalue weighted by Gasteiger charge is -2.19. The molecule has 1 saturated carbocycles. The van der Waals surface area contributed by atoms with Crippen molar-refractivity contribution in [1.29, 1.82) is 0 Å². The average Bonchev–Trinajstić information content (AvgIpc) is 2.84. The minimum absolute atomic E-state index is 0.336. The van der Waals surface area contributed by atoms with Crippen molar-refractivity contribution in [3.05, 3.63) is 11.7 Å². The van der Waals surface area contributed by atoms with Crippen molar-refractivity contribution in [3.63, 3.8) is 0 Å². The Morgan fingerprint density at radius 1 is 1.53 bits per heavy atom. The maximum absolute atomic E-state index is 6.33. The van der Waals surface area contributed by atoms with Crippen LogP contribution in [0.3, 0.4) is 0 Å². The molecule has 2 N–H and O–H groups in total. The SMILES string of the molecule is CCc1nc(C2(N)CCC(CC)C2)no1. The van der Waals surface area contributed by atoms with Crippen molar-refractivity contribution in [2.24, 2.45) is 11.7 Å². The molecule has 4 heteroatoms. The van der Waals surface area contributed by atoms with Gasteiger partial charge in [-0.3, -0.25) is 0 Å². The van der Waals surface area contributed by atoms with E-state index in [1.807, 2.05) is 6.92 Å². The van der Waals surface area contributed by atoms with Crippen LogP contribution in [0.5, 0.6) is 0 Å². The van der Waals surface area contributed by atoms with Crippen molar-refractivity contribution < 1.29 is 4.52 Å². The fourth-order valence-corrected chi connectivity index (χ4v) is 2.33. The maximum atomic E-state index is 6.33. The highest BCUT2D eigenvalue weighted by Gasteiger charge is 2.40. The summed E-state index contributed by atoms with van der Waals surface area (Å²) in [5, 5.41) is 4.00. The van der Waals surface area contributed by atoms with Crippen LogP contribution in [0.4, 0.5) is 0 Å². The van der Waals surface area contributed by atoms with E-state index in [1.54, 1.807) is 0 Å². The second kappa shape index (κ2) is 3.93. The first-order valence-corrected chi connectivity index (χ1v) is 5.80. The molecule has 0 bridgehead atoms. The minimum atomic E-state index is -0.336. The Balaban J connectivity index is 2.16. The molecule has 0 saturated heterocycles. The second-order valence-electron chi connectivity index (χ2n) is 4.54. The molecule has 2 unspecified atom stereocenters. The summed E-state index contributed by atoms with van der Waals surface area (Å²) in [6.45, 7) is 4.22. The molecule has 1 aliphatic carbocycles. The monoisotopic (exact) mass is 209 g/mol. The van der Waals surface area contributed by atoms with Gasteiger partial charge in [0.1, 0.15) is 0 Å². The van der Waals surface area contributed by atoms with Gasteiger partial charge in [0.25, 0.3) is 0 Å². The van der Waals surface area contributed by atoms with Gasteiger partial charge in [-0.2, -0.15) is 4.98 Å². The van der Waals surface area contributed by atoms with Gasteiger partial charge < -0.3 is 10.3 Å². The van der Waals surface area contributed by atoms with E-state index in [0.717, 1.165) is 25.2 Å². The predicted octanol–water partition coefficient (Wildman–Crippen LogP) is 2.00. The van der Waals surface area contributed by atoms with E-state index in [-0.39, 0.29) is 5.54 Å². The fraction of sp³-hybridized carbons (Fsp3) is 0.818. The van der Waals surface area contributed by atoms with E-state index in [2.05, 4.69) is 17.1 Å². The molecular weight excluding hydrogens is 190 g/mol. The van der Waals surface area contributed by atoms with E-state index in [1.165, 1.54) is 12.8 Å². The Labute approximate surface area is 90.2 Å².